The van der Waals surface area contributed by atoms with Crippen LogP contribution in [0.5, 0.6) is 5.75 Å². The second-order valence-corrected chi connectivity index (χ2v) is 4.85. The SMILES string of the molecule is N/C(=N\N(N)CCO)c1cncnc1Nc1ccc(OC(F)(F)F)cc1. The van der Waals surface area contributed by atoms with Gasteiger partial charge in [-0.2, -0.15) is 0 Å². The Morgan fingerprint density at radius 2 is 2.00 bits per heavy atom. The van der Waals surface area contributed by atoms with Crippen LogP contribution in [0.1, 0.15) is 5.56 Å². The monoisotopic (exact) mass is 371 g/mol. The van der Waals surface area contributed by atoms with Crippen LogP contribution in [0.2, 0.25) is 0 Å². The fraction of sp³-hybridized carbons (Fsp3) is 0.214. The molecule has 2 rings (SSSR count). The molecule has 0 radical (unpaired) electrons. The molecule has 9 nitrogen and oxygen atoms in total. The number of aliphatic hydroxyl groups is 1. The zero-order valence-electron chi connectivity index (χ0n) is 13.3. The van der Waals surface area contributed by atoms with Crippen LogP contribution in [0.3, 0.4) is 0 Å². The van der Waals surface area contributed by atoms with Crippen LogP contribution < -0.4 is 21.6 Å². The Bertz CT molecular complexity index is 753. The number of alkyl halides is 3. The number of nitrogens with one attached hydrogen (secondary N) is 1. The maximum Gasteiger partial charge on any atom is 0.573 e. The van der Waals surface area contributed by atoms with Crippen molar-refractivity contribution in [3.63, 3.8) is 0 Å². The number of hydrogen-bond acceptors (Lipinski definition) is 8. The number of halogens is 3. The molecule has 0 aliphatic carbocycles. The van der Waals surface area contributed by atoms with Gasteiger partial charge in [0.2, 0.25) is 0 Å². The van der Waals surface area contributed by atoms with E-state index in [2.05, 4.69) is 25.1 Å². The van der Waals surface area contributed by atoms with E-state index in [4.69, 9.17) is 16.7 Å². The Balaban J connectivity index is 2.17. The van der Waals surface area contributed by atoms with Crippen LogP contribution in [-0.2, 0) is 0 Å². The molecule has 6 N–H and O–H groups in total. The van der Waals surface area contributed by atoms with E-state index in [1.807, 2.05) is 0 Å². The first-order chi connectivity index (χ1) is 12.3. The van der Waals surface area contributed by atoms with E-state index < -0.39 is 6.36 Å². The average Bonchev–Trinajstić information content (AvgIpc) is 2.56. The molecule has 26 heavy (non-hydrogen) atoms. The predicted molar refractivity (Wildman–Crippen MR) is 87.1 cm³/mol. The number of benzene rings is 1. The minimum absolute atomic E-state index is 0.0129. The first-order valence-electron chi connectivity index (χ1n) is 7.19. The van der Waals surface area contributed by atoms with Gasteiger partial charge in [0.1, 0.15) is 17.9 Å². The Hall–Kier alpha value is -3.12. The summed E-state index contributed by atoms with van der Waals surface area (Å²) in [4.78, 5) is 7.88. The first kappa shape index (κ1) is 19.2. The number of amidine groups is 1. The molecule has 1 heterocycles. The van der Waals surface area contributed by atoms with Crippen molar-refractivity contribution in [2.24, 2.45) is 16.7 Å². The molecule has 140 valence electrons. The lowest BCUT2D eigenvalue weighted by atomic mass is 10.2. The van der Waals surface area contributed by atoms with Gasteiger partial charge in [0, 0.05) is 11.9 Å². The van der Waals surface area contributed by atoms with Crippen molar-refractivity contribution in [2.45, 2.75) is 6.36 Å². The molecule has 0 bridgehead atoms. The number of hydrogen-bond donors (Lipinski definition) is 4. The molecule has 0 spiro atoms. The fourth-order valence-electron chi connectivity index (χ4n) is 1.84. The number of hydrazone groups is 1. The van der Waals surface area contributed by atoms with Gasteiger partial charge >= 0.3 is 6.36 Å². The second-order valence-electron chi connectivity index (χ2n) is 4.85. The molecule has 0 aliphatic rings. The van der Waals surface area contributed by atoms with Gasteiger partial charge < -0.3 is 20.9 Å². The molecule has 0 saturated heterocycles. The van der Waals surface area contributed by atoms with E-state index in [0.717, 1.165) is 17.3 Å². The quantitative estimate of drug-likeness (QED) is 0.244. The molecular weight excluding hydrogens is 355 g/mol. The number of ether oxygens (including phenoxy) is 1. The van der Waals surface area contributed by atoms with Crippen LogP contribution in [0.4, 0.5) is 24.7 Å². The van der Waals surface area contributed by atoms with E-state index in [-0.39, 0.29) is 30.6 Å². The van der Waals surface area contributed by atoms with E-state index in [0.29, 0.717) is 11.3 Å². The largest absolute Gasteiger partial charge is 0.573 e. The molecule has 0 saturated carbocycles. The average molecular weight is 371 g/mol. The predicted octanol–water partition coefficient (Wildman–Crippen LogP) is 0.907. The number of aliphatic hydroxyl groups excluding tert-OH is 1. The van der Waals surface area contributed by atoms with Gasteiger partial charge in [0.05, 0.1) is 18.7 Å². The number of nitrogens with two attached hydrogens (primary N) is 2. The zero-order chi connectivity index (χ0) is 19.2. The highest BCUT2D eigenvalue weighted by Gasteiger charge is 2.30. The summed E-state index contributed by atoms with van der Waals surface area (Å²) in [6.45, 7) is -0.145. The van der Waals surface area contributed by atoms with Crippen molar-refractivity contribution in [1.82, 2.24) is 15.1 Å². The van der Waals surface area contributed by atoms with Crippen molar-refractivity contribution >= 4 is 17.3 Å². The van der Waals surface area contributed by atoms with Crippen LogP contribution >= 0.6 is 0 Å². The molecule has 0 atom stereocenters. The molecule has 0 fully saturated rings. The van der Waals surface area contributed by atoms with E-state index in [1.54, 1.807) is 0 Å². The third-order valence-electron chi connectivity index (χ3n) is 2.90. The highest BCUT2D eigenvalue weighted by molar-refractivity contribution is 6.01. The summed E-state index contributed by atoms with van der Waals surface area (Å²) in [5.41, 5.74) is 6.61. The van der Waals surface area contributed by atoms with Gasteiger partial charge in [-0.15, -0.1) is 18.3 Å². The van der Waals surface area contributed by atoms with Crippen molar-refractivity contribution in [3.05, 3.63) is 42.4 Å². The van der Waals surface area contributed by atoms with E-state index in [1.165, 1.54) is 24.7 Å². The highest BCUT2D eigenvalue weighted by Crippen LogP contribution is 2.25. The molecule has 0 aliphatic heterocycles. The summed E-state index contributed by atoms with van der Waals surface area (Å²) in [6.07, 6.45) is -2.11. The maximum atomic E-state index is 12.2. The summed E-state index contributed by atoms with van der Waals surface area (Å²) in [6, 6.07) is 5.05. The van der Waals surface area contributed by atoms with Crippen LogP contribution in [0, 0.1) is 0 Å². The number of aromatic nitrogens is 2. The molecule has 1 aromatic carbocycles. The lowest BCUT2D eigenvalue weighted by Crippen LogP contribution is -2.32. The fourth-order valence-corrected chi connectivity index (χ4v) is 1.84. The van der Waals surface area contributed by atoms with Crippen LogP contribution in [0.15, 0.2) is 41.9 Å². The third kappa shape index (κ3) is 5.75. The molecule has 0 unspecified atom stereocenters. The van der Waals surface area contributed by atoms with E-state index >= 15 is 0 Å². The van der Waals surface area contributed by atoms with Gasteiger partial charge in [-0.1, -0.05) is 0 Å². The molecule has 1 aromatic heterocycles. The van der Waals surface area contributed by atoms with Gasteiger partial charge in [0.25, 0.3) is 0 Å². The van der Waals surface area contributed by atoms with Gasteiger partial charge in [-0.25, -0.2) is 20.9 Å². The topological polar surface area (TPSA) is 135 Å². The van der Waals surface area contributed by atoms with Crippen molar-refractivity contribution in [1.29, 1.82) is 0 Å². The van der Waals surface area contributed by atoms with Crippen molar-refractivity contribution in [2.75, 3.05) is 18.5 Å². The lowest BCUT2D eigenvalue weighted by molar-refractivity contribution is -0.274. The minimum atomic E-state index is -4.76. The third-order valence-corrected chi connectivity index (χ3v) is 2.90. The lowest BCUT2D eigenvalue weighted by Gasteiger charge is -2.14. The van der Waals surface area contributed by atoms with Crippen molar-refractivity contribution < 1.29 is 23.0 Å². The van der Waals surface area contributed by atoms with Crippen LogP contribution in [-0.4, -0.2) is 45.5 Å². The smallest absolute Gasteiger partial charge is 0.406 e. The number of hydrazine groups is 1. The van der Waals surface area contributed by atoms with Gasteiger partial charge in [-0.05, 0) is 24.3 Å². The molecule has 12 heteroatoms. The molecule has 2 aromatic rings. The Kier molecular flexibility index (Phi) is 6.14. The number of anilines is 2. The van der Waals surface area contributed by atoms with Crippen molar-refractivity contribution in [3.8, 4) is 5.75 Å². The summed E-state index contributed by atoms with van der Waals surface area (Å²) < 4.78 is 40.3. The normalized spacial score (nSPS) is 12.0. The molecule has 0 amide bonds. The maximum absolute atomic E-state index is 12.2. The van der Waals surface area contributed by atoms with E-state index in [9.17, 15) is 13.2 Å². The zero-order valence-corrected chi connectivity index (χ0v) is 13.3. The summed E-state index contributed by atoms with van der Waals surface area (Å²) in [5.74, 6) is 5.43. The minimum Gasteiger partial charge on any atom is -0.406 e. The standard InChI is InChI=1S/C14H16F3N7O2/c15-14(16,17)26-10-3-1-9(2-4-10)22-13-11(7-20-8-21-13)12(18)23-24(19)5-6-25/h1-4,7-8,25H,5-6,19H2,(H2,18,23)(H,20,21,22). The van der Waals surface area contributed by atoms with Gasteiger partial charge in [0.15, 0.2) is 5.84 Å². The number of rotatable bonds is 7. The first-order valence-corrected chi connectivity index (χ1v) is 7.19. The summed E-state index contributed by atoms with van der Waals surface area (Å²) >= 11 is 0. The summed E-state index contributed by atoms with van der Waals surface area (Å²) in [5, 5.41) is 16.5. The van der Waals surface area contributed by atoms with Gasteiger partial charge in [-0.3, -0.25) is 0 Å². The second kappa shape index (κ2) is 8.31. The Morgan fingerprint density at radius 1 is 1.31 bits per heavy atom. The number of nitrogens with zero attached hydrogens (tertiary/aromatic N) is 4. The summed E-state index contributed by atoms with van der Waals surface area (Å²) in [7, 11) is 0. The Labute approximate surface area is 146 Å². The molecular formula is C14H16F3N7O2. The highest BCUT2D eigenvalue weighted by atomic mass is 19.4. The van der Waals surface area contributed by atoms with Crippen LogP contribution in [0.25, 0.3) is 0 Å². The Morgan fingerprint density at radius 3 is 2.62 bits per heavy atom.